The average molecular weight is 491 g/mol. The van der Waals surface area contributed by atoms with Crippen molar-refractivity contribution in [3.05, 3.63) is 0 Å². The minimum atomic E-state index is -0.886. The van der Waals surface area contributed by atoms with E-state index in [4.69, 9.17) is 4.74 Å². The van der Waals surface area contributed by atoms with E-state index in [1.165, 1.54) is 6.42 Å². The molecule has 12 atom stereocenters. The second kappa shape index (κ2) is 6.86. The molecule has 0 aromatic rings. The highest BCUT2D eigenvalue weighted by Crippen LogP contribution is 2.89. The SMILES string of the molecule is CC1(C)C(O)CCC23CC24CCC2(C)C([C@]5(C)CC[C@H](C(C)(C)O)O5)C(O)C[C@@]2(C)C4C[C@H](O)C13. The first-order valence-electron chi connectivity index (χ1n) is 14.4. The Morgan fingerprint density at radius 2 is 1.46 bits per heavy atom. The zero-order valence-corrected chi connectivity index (χ0v) is 23.1. The zero-order valence-electron chi connectivity index (χ0n) is 23.1. The van der Waals surface area contributed by atoms with E-state index < -0.39 is 23.4 Å². The highest BCUT2D eigenvalue weighted by molar-refractivity contribution is 5.33. The van der Waals surface area contributed by atoms with E-state index in [2.05, 4.69) is 34.6 Å². The number of hydrogen-bond donors (Lipinski definition) is 4. The van der Waals surface area contributed by atoms with Crippen LogP contribution in [0.4, 0.5) is 0 Å². The van der Waals surface area contributed by atoms with Crippen LogP contribution in [0.15, 0.2) is 0 Å². The lowest BCUT2D eigenvalue weighted by Gasteiger charge is -2.64. The Labute approximate surface area is 212 Å². The van der Waals surface area contributed by atoms with E-state index in [9.17, 15) is 20.4 Å². The van der Waals surface area contributed by atoms with Crippen molar-refractivity contribution in [1.29, 1.82) is 0 Å². The molecule has 0 radical (unpaired) electrons. The van der Waals surface area contributed by atoms with E-state index in [0.29, 0.717) is 5.92 Å². The molecule has 200 valence electrons. The van der Waals surface area contributed by atoms with Gasteiger partial charge in [0.05, 0.1) is 35.6 Å². The number of ether oxygens (including phenoxy) is 1. The third-order valence-electron chi connectivity index (χ3n) is 13.8. The van der Waals surface area contributed by atoms with Gasteiger partial charge in [0.15, 0.2) is 0 Å². The quantitative estimate of drug-likeness (QED) is 0.460. The Hall–Kier alpha value is -0.200. The molecule has 8 unspecified atom stereocenters. The molecule has 2 spiro atoms. The van der Waals surface area contributed by atoms with Gasteiger partial charge in [0.2, 0.25) is 0 Å². The van der Waals surface area contributed by atoms with Crippen molar-refractivity contribution in [3.8, 4) is 0 Å². The molecular weight excluding hydrogens is 440 g/mol. The molecule has 35 heavy (non-hydrogen) atoms. The lowest BCUT2D eigenvalue weighted by atomic mass is 9.41. The van der Waals surface area contributed by atoms with Crippen LogP contribution in [-0.4, -0.2) is 56.0 Å². The van der Waals surface area contributed by atoms with Crippen LogP contribution in [-0.2, 0) is 4.74 Å². The number of hydrogen-bond acceptors (Lipinski definition) is 5. The first kappa shape index (κ1) is 25.1. The summed E-state index contributed by atoms with van der Waals surface area (Å²) in [5.74, 6) is 0.577. The van der Waals surface area contributed by atoms with Crippen molar-refractivity contribution in [2.75, 3.05) is 0 Å². The van der Waals surface area contributed by atoms with Gasteiger partial charge in [-0.3, -0.25) is 0 Å². The van der Waals surface area contributed by atoms with Gasteiger partial charge in [0.1, 0.15) is 0 Å². The number of aliphatic hydroxyl groups excluding tert-OH is 3. The molecule has 6 aliphatic rings. The van der Waals surface area contributed by atoms with Crippen molar-refractivity contribution in [2.45, 2.75) is 142 Å². The molecule has 4 N–H and O–H groups in total. The topological polar surface area (TPSA) is 90.2 Å². The first-order chi connectivity index (χ1) is 16.0. The van der Waals surface area contributed by atoms with Crippen molar-refractivity contribution < 1.29 is 25.2 Å². The summed E-state index contributed by atoms with van der Waals surface area (Å²) in [5.41, 5.74) is -1.35. The van der Waals surface area contributed by atoms with Gasteiger partial charge in [0.25, 0.3) is 0 Å². The molecule has 0 bridgehead atoms. The Balaban J connectivity index is 1.37. The molecule has 6 fully saturated rings. The van der Waals surface area contributed by atoms with Crippen LogP contribution < -0.4 is 0 Å². The van der Waals surface area contributed by atoms with Crippen LogP contribution in [0.1, 0.15) is 106 Å². The third kappa shape index (κ3) is 2.78. The fourth-order valence-corrected chi connectivity index (χ4v) is 12.1. The van der Waals surface area contributed by atoms with Gasteiger partial charge < -0.3 is 25.2 Å². The van der Waals surface area contributed by atoms with Gasteiger partial charge in [-0.1, -0.05) is 27.7 Å². The van der Waals surface area contributed by atoms with Gasteiger partial charge in [-0.15, -0.1) is 0 Å². The largest absolute Gasteiger partial charge is 0.393 e. The second-order valence-electron chi connectivity index (χ2n) is 15.9. The molecule has 5 heteroatoms. The molecule has 5 saturated carbocycles. The van der Waals surface area contributed by atoms with Gasteiger partial charge >= 0.3 is 0 Å². The second-order valence-corrected chi connectivity index (χ2v) is 15.9. The van der Waals surface area contributed by atoms with Crippen molar-refractivity contribution >= 4 is 0 Å². The maximum absolute atomic E-state index is 11.7. The van der Waals surface area contributed by atoms with Crippen LogP contribution in [0.3, 0.4) is 0 Å². The van der Waals surface area contributed by atoms with Crippen molar-refractivity contribution in [1.82, 2.24) is 0 Å². The fourth-order valence-electron chi connectivity index (χ4n) is 12.1. The van der Waals surface area contributed by atoms with E-state index in [1.807, 2.05) is 13.8 Å². The summed E-state index contributed by atoms with van der Waals surface area (Å²) in [6.45, 7) is 15.0. The molecule has 1 saturated heterocycles. The monoisotopic (exact) mass is 490 g/mol. The van der Waals surface area contributed by atoms with E-state index in [1.54, 1.807) is 0 Å². The number of rotatable bonds is 2. The van der Waals surface area contributed by atoms with Crippen LogP contribution in [0.2, 0.25) is 0 Å². The summed E-state index contributed by atoms with van der Waals surface area (Å²) in [6.07, 6.45) is 7.18. The minimum Gasteiger partial charge on any atom is -0.393 e. The van der Waals surface area contributed by atoms with Crippen molar-refractivity contribution in [2.24, 2.45) is 44.8 Å². The normalized spacial score (nSPS) is 60.9. The first-order valence-corrected chi connectivity index (χ1v) is 14.4. The minimum absolute atomic E-state index is 0.0267. The molecular formula is C30H50O5. The Morgan fingerprint density at radius 1 is 0.771 bits per heavy atom. The molecule has 0 amide bonds. The fraction of sp³-hybridized carbons (Fsp3) is 1.00. The van der Waals surface area contributed by atoms with Crippen LogP contribution >= 0.6 is 0 Å². The Kier molecular flexibility index (Phi) is 4.92. The van der Waals surface area contributed by atoms with E-state index in [0.717, 1.165) is 51.4 Å². The summed E-state index contributed by atoms with van der Waals surface area (Å²) in [6, 6.07) is 0. The molecule has 0 aromatic heterocycles. The molecule has 6 rings (SSSR count). The Bertz CT molecular complexity index is 911. The molecule has 5 aliphatic carbocycles. The van der Waals surface area contributed by atoms with Gasteiger partial charge in [0, 0.05) is 5.92 Å². The molecule has 1 heterocycles. The lowest BCUT2D eigenvalue weighted by Crippen LogP contribution is -2.62. The molecule has 1 aliphatic heterocycles. The molecule has 5 nitrogen and oxygen atoms in total. The zero-order chi connectivity index (χ0) is 25.6. The van der Waals surface area contributed by atoms with Gasteiger partial charge in [-0.05, 0) is 117 Å². The third-order valence-corrected chi connectivity index (χ3v) is 13.8. The summed E-state index contributed by atoms with van der Waals surface area (Å²) < 4.78 is 6.66. The predicted octanol–water partition coefficient (Wildman–Crippen LogP) is 4.44. The smallest absolute Gasteiger partial charge is 0.0865 e. The van der Waals surface area contributed by atoms with Crippen LogP contribution in [0.25, 0.3) is 0 Å². The highest BCUT2D eigenvalue weighted by Gasteiger charge is 2.84. The summed E-state index contributed by atoms with van der Waals surface area (Å²) in [5, 5.41) is 45.0. The van der Waals surface area contributed by atoms with Gasteiger partial charge in [-0.2, -0.15) is 0 Å². The Morgan fingerprint density at radius 3 is 2.09 bits per heavy atom. The van der Waals surface area contributed by atoms with Crippen molar-refractivity contribution in [3.63, 3.8) is 0 Å². The number of fused-ring (bicyclic) bond motifs is 2. The average Bonchev–Trinajstić information content (AvgIpc) is 3.08. The van der Waals surface area contributed by atoms with Crippen LogP contribution in [0, 0.1) is 44.8 Å². The summed E-state index contributed by atoms with van der Waals surface area (Å²) in [4.78, 5) is 0. The maximum atomic E-state index is 11.7. The molecule has 0 aromatic carbocycles. The lowest BCUT2D eigenvalue weighted by molar-refractivity contribution is -0.213. The summed E-state index contributed by atoms with van der Waals surface area (Å²) >= 11 is 0. The number of aliphatic hydroxyl groups is 4. The highest BCUT2D eigenvalue weighted by atomic mass is 16.5. The standard InChI is InChI=1S/C30H50O5/c1-24(2)20(33)8-11-30-16-29(30)13-12-26(5)23(28(7)10-9-21(35-28)25(3,4)34)18(32)15-27(26,6)19(29)14-17(31)22(24)30/h17-23,31-34H,8-16H2,1-7H3/t17-,18?,19?,20?,21+,22?,23?,26?,27-,28-,29?,30?/m0/s1. The predicted molar refractivity (Wildman–Crippen MR) is 134 cm³/mol. The maximum Gasteiger partial charge on any atom is 0.0865 e. The van der Waals surface area contributed by atoms with E-state index >= 15 is 0 Å². The summed E-state index contributed by atoms with van der Waals surface area (Å²) in [7, 11) is 0. The van der Waals surface area contributed by atoms with E-state index in [-0.39, 0.29) is 51.1 Å². The van der Waals surface area contributed by atoms with Crippen LogP contribution in [0.5, 0.6) is 0 Å². The van der Waals surface area contributed by atoms with Gasteiger partial charge in [-0.25, -0.2) is 0 Å².